The normalized spacial score (nSPS) is 15.5. The maximum atomic E-state index is 12.9. The lowest BCUT2D eigenvalue weighted by Gasteiger charge is -2.22. The molecule has 39 heavy (non-hydrogen) atoms. The van der Waals surface area contributed by atoms with Crippen molar-refractivity contribution in [3.8, 4) is 11.8 Å². The third-order valence-corrected chi connectivity index (χ3v) is 8.16. The highest BCUT2D eigenvalue weighted by atomic mass is 32.2. The van der Waals surface area contributed by atoms with Crippen molar-refractivity contribution in [2.45, 2.75) is 26.3 Å². The second kappa shape index (κ2) is 11.6. The van der Waals surface area contributed by atoms with Gasteiger partial charge in [-0.3, -0.25) is 4.79 Å². The van der Waals surface area contributed by atoms with Crippen LogP contribution in [0.4, 0.5) is 24.0 Å². The number of hydrogen-bond donors (Lipinski definition) is 1. The Morgan fingerprint density at radius 1 is 1.23 bits per heavy atom. The molecule has 1 aliphatic rings. The van der Waals surface area contributed by atoms with Crippen molar-refractivity contribution in [1.29, 1.82) is 5.26 Å². The second-order valence-electron chi connectivity index (χ2n) is 8.78. The van der Waals surface area contributed by atoms with Crippen molar-refractivity contribution in [1.82, 2.24) is 9.71 Å². The summed E-state index contributed by atoms with van der Waals surface area (Å²) in [6, 6.07) is 13.9. The number of anilines is 2. The number of benzene rings is 2. The first-order chi connectivity index (χ1) is 18.4. The zero-order valence-corrected chi connectivity index (χ0v) is 22.2. The topological polar surface area (TPSA) is 122 Å². The van der Waals surface area contributed by atoms with Crippen LogP contribution >= 0.6 is 11.3 Å². The molecule has 1 unspecified atom stereocenters. The SMILES string of the molecule is Cc1sc(N(Cc2ccc(OC(F)(F)F)cc2)c2ccc(C#N)cc2)nc1C(=O)NS(=O)(=O)CC1CCOC1. The Morgan fingerprint density at radius 3 is 2.51 bits per heavy atom. The van der Waals surface area contributed by atoms with Gasteiger partial charge in [-0.15, -0.1) is 24.5 Å². The third kappa shape index (κ3) is 7.69. The lowest BCUT2D eigenvalue weighted by Crippen LogP contribution is -2.35. The van der Waals surface area contributed by atoms with E-state index in [-0.39, 0.29) is 29.7 Å². The molecule has 3 aromatic rings. The lowest BCUT2D eigenvalue weighted by atomic mass is 10.1. The molecule has 4 rings (SSSR count). The zero-order chi connectivity index (χ0) is 28.2. The average Bonchev–Trinajstić information content (AvgIpc) is 3.51. The standard InChI is InChI=1S/C25H23F3N4O5S2/c1-16-22(23(33)31-39(34,35)15-19-10-11-36-14-19)30-24(38-16)32(20-6-2-17(12-29)3-7-20)13-18-4-8-21(9-5-18)37-25(26,27)28/h2-9,19H,10-11,13-15H2,1H3,(H,31,33). The molecule has 0 saturated carbocycles. The van der Waals surface area contributed by atoms with Gasteiger partial charge in [0.1, 0.15) is 11.4 Å². The van der Waals surface area contributed by atoms with Crippen molar-refractivity contribution in [3.05, 3.63) is 70.2 Å². The van der Waals surface area contributed by atoms with Gasteiger partial charge < -0.3 is 14.4 Å². The number of nitrogens with zero attached hydrogens (tertiary/aromatic N) is 3. The smallest absolute Gasteiger partial charge is 0.406 e. The first-order valence-electron chi connectivity index (χ1n) is 11.6. The Kier molecular flexibility index (Phi) is 8.43. The van der Waals surface area contributed by atoms with E-state index in [1.54, 1.807) is 36.1 Å². The van der Waals surface area contributed by atoms with Gasteiger partial charge >= 0.3 is 6.36 Å². The number of sulfonamides is 1. The van der Waals surface area contributed by atoms with Crippen molar-refractivity contribution < 1.29 is 35.9 Å². The molecular weight excluding hydrogens is 557 g/mol. The van der Waals surface area contributed by atoms with E-state index in [1.807, 2.05) is 6.07 Å². The maximum absolute atomic E-state index is 12.9. The fourth-order valence-corrected chi connectivity index (χ4v) is 6.20. The van der Waals surface area contributed by atoms with Crippen LogP contribution in [-0.2, 0) is 21.3 Å². The number of nitriles is 1. The van der Waals surface area contributed by atoms with Crippen molar-refractivity contribution in [2.24, 2.45) is 5.92 Å². The fourth-order valence-electron chi connectivity index (χ4n) is 3.93. The average molecular weight is 581 g/mol. The summed E-state index contributed by atoms with van der Waals surface area (Å²) in [5.41, 5.74) is 1.56. The molecule has 14 heteroatoms. The van der Waals surface area contributed by atoms with Crippen LogP contribution in [0.1, 0.15) is 32.9 Å². The number of nitrogens with one attached hydrogen (secondary N) is 1. The Balaban J connectivity index is 1.59. The van der Waals surface area contributed by atoms with Crippen LogP contribution in [0.2, 0.25) is 0 Å². The molecule has 1 atom stereocenters. The molecule has 1 saturated heterocycles. The number of alkyl halides is 3. The van der Waals surface area contributed by atoms with Gasteiger partial charge in [-0.1, -0.05) is 12.1 Å². The highest BCUT2D eigenvalue weighted by Gasteiger charge is 2.31. The van der Waals surface area contributed by atoms with Crippen molar-refractivity contribution in [2.75, 3.05) is 23.9 Å². The van der Waals surface area contributed by atoms with Gasteiger partial charge in [0.15, 0.2) is 5.13 Å². The predicted molar refractivity (Wildman–Crippen MR) is 137 cm³/mol. The van der Waals surface area contributed by atoms with Crippen LogP contribution in [0.3, 0.4) is 0 Å². The Bertz CT molecular complexity index is 1460. The first kappa shape index (κ1) is 28.3. The maximum Gasteiger partial charge on any atom is 0.573 e. The van der Waals surface area contributed by atoms with Crippen molar-refractivity contribution in [3.63, 3.8) is 0 Å². The number of carbonyl (C=O) groups excluding carboxylic acids is 1. The summed E-state index contributed by atoms with van der Waals surface area (Å²) in [7, 11) is -3.92. The Hall–Kier alpha value is -3.67. The minimum Gasteiger partial charge on any atom is -0.406 e. The summed E-state index contributed by atoms with van der Waals surface area (Å²) in [5, 5.41) is 9.49. The minimum atomic E-state index is -4.82. The summed E-state index contributed by atoms with van der Waals surface area (Å²) in [6.45, 7) is 2.57. The van der Waals surface area contributed by atoms with E-state index in [9.17, 15) is 26.4 Å². The molecule has 1 amide bonds. The van der Waals surface area contributed by atoms with E-state index in [1.165, 1.54) is 24.3 Å². The van der Waals surface area contributed by atoms with E-state index in [0.29, 0.717) is 46.5 Å². The number of halogens is 3. The molecule has 0 radical (unpaired) electrons. The fraction of sp³-hybridized carbons (Fsp3) is 0.320. The molecule has 0 spiro atoms. The van der Waals surface area contributed by atoms with E-state index >= 15 is 0 Å². The van der Waals surface area contributed by atoms with E-state index in [2.05, 4.69) is 14.4 Å². The number of aryl methyl sites for hydroxylation is 1. The number of amides is 1. The first-order valence-corrected chi connectivity index (χ1v) is 14.1. The Labute approximate surface area is 226 Å². The molecule has 1 N–H and O–H groups in total. The molecule has 9 nitrogen and oxygen atoms in total. The summed E-state index contributed by atoms with van der Waals surface area (Å²) < 4.78 is 73.9. The molecule has 206 valence electrons. The van der Waals surface area contributed by atoms with Crippen LogP contribution in [0, 0.1) is 24.2 Å². The van der Waals surface area contributed by atoms with Crippen LogP contribution in [0.25, 0.3) is 0 Å². The molecule has 2 aromatic carbocycles. The van der Waals surface area contributed by atoms with E-state index in [4.69, 9.17) is 10.00 Å². The highest BCUT2D eigenvalue weighted by Crippen LogP contribution is 2.34. The zero-order valence-electron chi connectivity index (χ0n) is 20.6. The molecule has 1 aromatic heterocycles. The minimum absolute atomic E-state index is 0.0613. The molecule has 0 bridgehead atoms. The second-order valence-corrected chi connectivity index (χ2v) is 11.7. The monoisotopic (exact) mass is 580 g/mol. The number of carbonyl (C=O) groups is 1. The third-order valence-electron chi connectivity index (χ3n) is 5.76. The van der Waals surface area contributed by atoms with Crippen LogP contribution in [0.15, 0.2) is 48.5 Å². The van der Waals surface area contributed by atoms with Gasteiger partial charge in [0.25, 0.3) is 5.91 Å². The van der Waals surface area contributed by atoms with Crippen LogP contribution < -0.4 is 14.4 Å². The summed E-state index contributed by atoms with van der Waals surface area (Å²) in [5.74, 6) is -1.66. The van der Waals surface area contributed by atoms with Gasteiger partial charge in [0, 0.05) is 23.1 Å². The number of hydrogen-bond acceptors (Lipinski definition) is 9. The van der Waals surface area contributed by atoms with Crippen LogP contribution in [0.5, 0.6) is 5.75 Å². The molecule has 1 fully saturated rings. The van der Waals surface area contributed by atoms with Gasteiger partial charge in [0.05, 0.1) is 30.5 Å². The van der Waals surface area contributed by atoms with Gasteiger partial charge in [-0.05, 0) is 55.3 Å². The van der Waals surface area contributed by atoms with Gasteiger partial charge in [0.2, 0.25) is 10.0 Å². The molecular formula is C25H23F3N4O5S2. The number of ether oxygens (including phenoxy) is 2. The predicted octanol–water partition coefficient (Wildman–Crippen LogP) is 4.66. The Morgan fingerprint density at radius 2 is 1.92 bits per heavy atom. The van der Waals surface area contributed by atoms with Gasteiger partial charge in [-0.25, -0.2) is 18.1 Å². The summed E-state index contributed by atoms with van der Waals surface area (Å²) in [6.07, 6.45) is -4.22. The highest BCUT2D eigenvalue weighted by molar-refractivity contribution is 7.90. The molecule has 2 heterocycles. The van der Waals surface area contributed by atoms with E-state index < -0.39 is 22.3 Å². The van der Waals surface area contributed by atoms with E-state index in [0.717, 1.165) is 11.3 Å². The molecule has 1 aliphatic heterocycles. The molecule has 0 aliphatic carbocycles. The number of rotatable bonds is 9. The number of thiazole rings is 1. The quantitative estimate of drug-likeness (QED) is 0.388. The van der Waals surface area contributed by atoms with Crippen LogP contribution in [-0.4, -0.2) is 44.6 Å². The van der Waals surface area contributed by atoms with Gasteiger partial charge in [-0.2, -0.15) is 5.26 Å². The number of aromatic nitrogens is 1. The largest absolute Gasteiger partial charge is 0.573 e. The van der Waals surface area contributed by atoms with Crippen molar-refractivity contribution >= 4 is 38.1 Å². The summed E-state index contributed by atoms with van der Waals surface area (Å²) in [4.78, 5) is 19.5. The summed E-state index contributed by atoms with van der Waals surface area (Å²) >= 11 is 1.15. The lowest BCUT2D eigenvalue weighted by molar-refractivity contribution is -0.274.